The number of aromatic carboxylic acids is 1. The lowest BCUT2D eigenvalue weighted by molar-refractivity contribution is 0.0698. The third kappa shape index (κ3) is 2.74. The molecule has 0 aromatic carbocycles. The third-order valence-corrected chi connectivity index (χ3v) is 4.10. The molecule has 0 aliphatic carbocycles. The Labute approximate surface area is 117 Å². The predicted octanol–water partition coefficient (Wildman–Crippen LogP) is 3.06. The second-order valence-corrected chi connectivity index (χ2v) is 5.00. The summed E-state index contributed by atoms with van der Waals surface area (Å²) in [4.78, 5) is 27.2. The molecule has 0 saturated heterocycles. The molecule has 0 aliphatic rings. The van der Waals surface area contributed by atoms with E-state index in [1.165, 1.54) is 29.8 Å². The highest BCUT2D eigenvalue weighted by Crippen LogP contribution is 2.28. The van der Waals surface area contributed by atoms with Crippen molar-refractivity contribution in [2.45, 2.75) is 6.92 Å². The third-order valence-electron chi connectivity index (χ3n) is 2.41. The van der Waals surface area contributed by atoms with Crippen molar-refractivity contribution in [1.29, 1.82) is 0 Å². The molecular weight excluding hydrogens is 288 g/mol. The van der Waals surface area contributed by atoms with Crippen LogP contribution in [0.5, 0.6) is 0 Å². The zero-order valence-corrected chi connectivity index (χ0v) is 11.4. The van der Waals surface area contributed by atoms with E-state index in [0.717, 1.165) is 5.56 Å². The van der Waals surface area contributed by atoms with Gasteiger partial charge in [0, 0.05) is 6.20 Å². The van der Waals surface area contributed by atoms with Crippen molar-refractivity contribution in [2.24, 2.45) is 0 Å². The summed E-state index contributed by atoms with van der Waals surface area (Å²) in [6.07, 6.45) is 2.64. The van der Waals surface area contributed by atoms with Gasteiger partial charge in [-0.3, -0.25) is 9.78 Å². The molecule has 2 rings (SSSR count). The summed E-state index contributed by atoms with van der Waals surface area (Å²) >= 11 is 7.20. The summed E-state index contributed by atoms with van der Waals surface area (Å²) in [5.41, 5.74) is 0.927. The van der Waals surface area contributed by atoms with Crippen LogP contribution >= 0.6 is 22.9 Å². The van der Waals surface area contributed by atoms with Gasteiger partial charge in [0.2, 0.25) is 0 Å². The fraction of sp³-hybridized carbons (Fsp3) is 0.0833. The Morgan fingerprint density at radius 3 is 2.79 bits per heavy atom. The normalized spacial score (nSPS) is 10.2. The molecule has 7 heteroatoms. The molecule has 0 aliphatic heterocycles. The van der Waals surface area contributed by atoms with E-state index < -0.39 is 11.9 Å². The fourth-order valence-corrected chi connectivity index (χ4v) is 2.62. The smallest absolute Gasteiger partial charge is 0.337 e. The Bertz CT molecular complexity index is 654. The number of aromatic nitrogens is 1. The lowest BCUT2D eigenvalue weighted by atomic mass is 10.2. The fourth-order valence-electron chi connectivity index (χ4n) is 1.44. The Balaban J connectivity index is 2.29. The molecule has 0 unspecified atom stereocenters. The van der Waals surface area contributed by atoms with E-state index >= 15 is 0 Å². The van der Waals surface area contributed by atoms with Crippen molar-refractivity contribution in [3.8, 4) is 0 Å². The standard InChI is InChI=1S/C12H9ClN2O3S/c1-6-5-19-10(9(6)13)11(16)15-8-4-14-3-2-7(8)12(17)18/h2-5H,1H3,(H,15,16)(H,17,18). The first-order valence-electron chi connectivity index (χ1n) is 5.23. The van der Waals surface area contributed by atoms with Gasteiger partial charge in [-0.2, -0.15) is 0 Å². The number of anilines is 1. The van der Waals surface area contributed by atoms with E-state index in [1.54, 1.807) is 12.3 Å². The van der Waals surface area contributed by atoms with Crippen LogP contribution in [0.3, 0.4) is 0 Å². The maximum absolute atomic E-state index is 12.0. The molecule has 0 bridgehead atoms. The number of halogens is 1. The molecule has 2 aromatic heterocycles. The number of thiophene rings is 1. The van der Waals surface area contributed by atoms with Crippen LogP contribution in [0.2, 0.25) is 5.02 Å². The van der Waals surface area contributed by atoms with E-state index in [2.05, 4.69) is 10.3 Å². The Morgan fingerprint density at radius 2 is 2.21 bits per heavy atom. The van der Waals surface area contributed by atoms with Gasteiger partial charge in [-0.1, -0.05) is 11.6 Å². The minimum absolute atomic E-state index is 0.0206. The maximum atomic E-state index is 12.0. The Kier molecular flexibility index (Phi) is 3.82. The van der Waals surface area contributed by atoms with Gasteiger partial charge in [-0.25, -0.2) is 4.79 Å². The predicted molar refractivity (Wildman–Crippen MR) is 73.2 cm³/mol. The van der Waals surface area contributed by atoms with Gasteiger partial charge >= 0.3 is 5.97 Å². The lowest BCUT2D eigenvalue weighted by Gasteiger charge is -2.06. The average Bonchev–Trinajstić information content (AvgIpc) is 2.70. The highest BCUT2D eigenvalue weighted by molar-refractivity contribution is 7.13. The van der Waals surface area contributed by atoms with Gasteiger partial charge in [0.25, 0.3) is 5.91 Å². The molecule has 98 valence electrons. The minimum atomic E-state index is -1.13. The summed E-state index contributed by atoms with van der Waals surface area (Å²) in [7, 11) is 0. The number of rotatable bonds is 3. The summed E-state index contributed by atoms with van der Waals surface area (Å²) in [6, 6.07) is 1.32. The van der Waals surface area contributed by atoms with Crippen LogP contribution in [0.1, 0.15) is 25.6 Å². The largest absolute Gasteiger partial charge is 0.478 e. The molecule has 0 atom stereocenters. The molecule has 0 fully saturated rings. The van der Waals surface area contributed by atoms with Crippen LogP contribution in [0.15, 0.2) is 23.8 Å². The van der Waals surface area contributed by atoms with Crippen molar-refractivity contribution in [3.05, 3.63) is 44.9 Å². The first kappa shape index (κ1) is 13.5. The summed E-state index contributed by atoms with van der Waals surface area (Å²) < 4.78 is 0. The molecule has 2 aromatic rings. The minimum Gasteiger partial charge on any atom is -0.478 e. The molecule has 2 heterocycles. The van der Waals surface area contributed by atoms with Crippen LogP contribution in [-0.4, -0.2) is 22.0 Å². The summed E-state index contributed by atoms with van der Waals surface area (Å²) in [5.74, 6) is -1.58. The molecule has 0 spiro atoms. The van der Waals surface area contributed by atoms with Gasteiger partial charge in [0.05, 0.1) is 22.5 Å². The number of carboxylic acid groups (broad SMARTS) is 1. The number of nitrogens with zero attached hydrogens (tertiary/aromatic N) is 1. The number of amides is 1. The molecule has 2 N–H and O–H groups in total. The maximum Gasteiger partial charge on any atom is 0.337 e. The first-order chi connectivity index (χ1) is 9.00. The van der Waals surface area contributed by atoms with Crippen LogP contribution in [0.25, 0.3) is 0 Å². The van der Waals surface area contributed by atoms with Gasteiger partial charge < -0.3 is 10.4 Å². The van der Waals surface area contributed by atoms with Crippen LogP contribution in [-0.2, 0) is 0 Å². The van der Waals surface area contributed by atoms with Crippen molar-refractivity contribution in [2.75, 3.05) is 5.32 Å². The molecule has 1 amide bonds. The summed E-state index contributed by atoms with van der Waals surface area (Å²) in [6.45, 7) is 1.79. The Morgan fingerprint density at radius 1 is 1.47 bits per heavy atom. The van der Waals surface area contributed by atoms with Crippen molar-refractivity contribution in [1.82, 2.24) is 4.98 Å². The van der Waals surface area contributed by atoms with Crippen molar-refractivity contribution in [3.63, 3.8) is 0 Å². The number of hydrogen-bond donors (Lipinski definition) is 2. The molecule has 19 heavy (non-hydrogen) atoms. The van der Waals surface area contributed by atoms with Crippen LogP contribution in [0, 0.1) is 6.92 Å². The highest BCUT2D eigenvalue weighted by atomic mass is 35.5. The highest BCUT2D eigenvalue weighted by Gasteiger charge is 2.17. The van der Waals surface area contributed by atoms with E-state index in [1.807, 2.05) is 0 Å². The molecule has 0 saturated carbocycles. The Hall–Kier alpha value is -1.92. The van der Waals surface area contributed by atoms with Gasteiger partial charge in [-0.15, -0.1) is 11.3 Å². The number of aryl methyl sites for hydroxylation is 1. The summed E-state index contributed by atoms with van der Waals surface area (Å²) in [5, 5.41) is 13.7. The lowest BCUT2D eigenvalue weighted by Crippen LogP contribution is -2.14. The number of carboxylic acids is 1. The molecular formula is C12H9ClN2O3S. The number of hydrogen-bond acceptors (Lipinski definition) is 4. The molecule has 5 nitrogen and oxygen atoms in total. The van der Waals surface area contributed by atoms with Gasteiger partial charge in [0.15, 0.2) is 0 Å². The van der Waals surface area contributed by atoms with E-state index in [9.17, 15) is 9.59 Å². The van der Waals surface area contributed by atoms with E-state index in [0.29, 0.717) is 9.90 Å². The van der Waals surface area contributed by atoms with Gasteiger partial charge in [-0.05, 0) is 23.9 Å². The average molecular weight is 297 g/mol. The number of pyridine rings is 1. The second kappa shape index (κ2) is 5.38. The SMILES string of the molecule is Cc1csc(C(=O)Nc2cnccc2C(=O)O)c1Cl. The zero-order chi connectivity index (χ0) is 14.0. The first-order valence-corrected chi connectivity index (χ1v) is 6.48. The number of carbonyl (C=O) groups is 2. The van der Waals surface area contributed by atoms with Gasteiger partial charge in [0.1, 0.15) is 4.88 Å². The number of carbonyl (C=O) groups excluding carboxylic acids is 1. The van der Waals surface area contributed by atoms with E-state index in [4.69, 9.17) is 16.7 Å². The molecule has 0 radical (unpaired) electrons. The van der Waals surface area contributed by atoms with E-state index in [-0.39, 0.29) is 11.3 Å². The zero-order valence-electron chi connectivity index (χ0n) is 9.81. The van der Waals surface area contributed by atoms with Crippen molar-refractivity contribution < 1.29 is 14.7 Å². The second-order valence-electron chi connectivity index (χ2n) is 3.74. The topological polar surface area (TPSA) is 79.3 Å². The van der Waals surface area contributed by atoms with Crippen LogP contribution < -0.4 is 5.32 Å². The quantitative estimate of drug-likeness (QED) is 0.912. The number of nitrogens with one attached hydrogen (secondary N) is 1. The monoisotopic (exact) mass is 296 g/mol. The van der Waals surface area contributed by atoms with Crippen LogP contribution in [0.4, 0.5) is 5.69 Å². The van der Waals surface area contributed by atoms with Crippen molar-refractivity contribution >= 4 is 40.5 Å².